The van der Waals surface area contributed by atoms with Crippen LogP contribution in [0.15, 0.2) is 12.1 Å². The van der Waals surface area contributed by atoms with E-state index in [1.165, 1.54) is 0 Å². The molecule has 2 fully saturated rings. The molecule has 2 saturated heterocycles. The maximum atomic E-state index is 6.02. The van der Waals surface area contributed by atoms with E-state index in [0.717, 1.165) is 36.6 Å². The number of nitrogen functional groups attached to an aromatic ring is 1. The van der Waals surface area contributed by atoms with Crippen LogP contribution in [0, 0.1) is 6.92 Å². The number of hydrogen-bond acceptors (Lipinski definition) is 5. The third-order valence-corrected chi connectivity index (χ3v) is 3.58. The molecule has 3 heterocycles. The van der Waals surface area contributed by atoms with Crippen molar-refractivity contribution < 1.29 is 9.47 Å². The molecule has 0 atom stereocenters. The summed E-state index contributed by atoms with van der Waals surface area (Å²) in [5.74, 6) is 0.420. The average molecular weight is 249 g/mol. The fourth-order valence-corrected chi connectivity index (χ4v) is 2.71. The van der Waals surface area contributed by atoms with Gasteiger partial charge in [0.2, 0.25) is 0 Å². The van der Waals surface area contributed by atoms with Gasteiger partial charge in [0.1, 0.15) is 0 Å². The van der Waals surface area contributed by atoms with Crippen LogP contribution in [0.2, 0.25) is 0 Å². The first kappa shape index (κ1) is 11.7. The molecule has 0 aliphatic carbocycles. The number of ether oxygens (including phenoxy) is 2. The van der Waals surface area contributed by atoms with Crippen LogP contribution in [0.3, 0.4) is 0 Å². The summed E-state index contributed by atoms with van der Waals surface area (Å²) in [4.78, 5) is 6.72. The second-order valence-electron chi connectivity index (χ2n) is 5.00. The summed E-state index contributed by atoms with van der Waals surface area (Å²) >= 11 is 0. The number of aryl methyl sites for hydroxylation is 1. The zero-order chi connectivity index (χ0) is 12.6. The fraction of sp³-hybridized carbons (Fsp3) is 0.615. The summed E-state index contributed by atoms with van der Waals surface area (Å²) in [6.07, 6.45) is 1.99. The van der Waals surface area contributed by atoms with E-state index in [2.05, 4.69) is 9.88 Å². The van der Waals surface area contributed by atoms with Crippen LogP contribution in [-0.2, 0) is 9.47 Å². The molecule has 0 unspecified atom stereocenters. The Morgan fingerprint density at radius 3 is 2.89 bits per heavy atom. The molecule has 1 spiro atoms. The number of nitrogens with zero attached hydrogens (tertiary/aromatic N) is 2. The highest BCUT2D eigenvalue weighted by Gasteiger charge is 2.41. The number of rotatable bonds is 1. The van der Waals surface area contributed by atoms with Crippen molar-refractivity contribution in [2.24, 2.45) is 0 Å². The quantitative estimate of drug-likeness (QED) is 0.813. The van der Waals surface area contributed by atoms with E-state index in [1.54, 1.807) is 0 Å². The summed E-state index contributed by atoms with van der Waals surface area (Å²) in [6.45, 7) is 5.02. The van der Waals surface area contributed by atoms with E-state index in [9.17, 15) is 0 Å². The van der Waals surface area contributed by atoms with Gasteiger partial charge in [-0.3, -0.25) is 0 Å². The Labute approximate surface area is 107 Å². The van der Waals surface area contributed by atoms with Gasteiger partial charge in [-0.2, -0.15) is 0 Å². The molecule has 5 nitrogen and oxygen atoms in total. The van der Waals surface area contributed by atoms with Crippen molar-refractivity contribution in [1.29, 1.82) is 0 Å². The van der Waals surface area contributed by atoms with Gasteiger partial charge in [-0.1, -0.05) is 0 Å². The Balaban J connectivity index is 1.85. The molecule has 0 aromatic carbocycles. The van der Waals surface area contributed by atoms with Crippen LogP contribution in [0.4, 0.5) is 11.5 Å². The standard InChI is InChI=1S/C13H19N3O2/c1-10-3-4-11(14)12(15-10)16-6-2-5-13(9-16)17-7-8-18-13/h3-4H,2,5-9,14H2,1H3. The normalized spacial score (nSPS) is 22.6. The maximum absolute atomic E-state index is 6.02. The highest BCUT2D eigenvalue weighted by Crippen LogP contribution is 2.33. The summed E-state index contributed by atoms with van der Waals surface area (Å²) in [6, 6.07) is 3.84. The number of aromatic nitrogens is 1. The van der Waals surface area contributed by atoms with Crippen molar-refractivity contribution in [2.45, 2.75) is 25.6 Å². The molecule has 98 valence electrons. The first-order valence-corrected chi connectivity index (χ1v) is 6.45. The predicted molar refractivity (Wildman–Crippen MR) is 69.5 cm³/mol. The van der Waals surface area contributed by atoms with Crippen LogP contribution in [0.5, 0.6) is 0 Å². The van der Waals surface area contributed by atoms with E-state index in [1.807, 2.05) is 19.1 Å². The third kappa shape index (κ3) is 2.04. The molecule has 0 radical (unpaired) electrons. The van der Waals surface area contributed by atoms with Gasteiger partial charge >= 0.3 is 0 Å². The van der Waals surface area contributed by atoms with Crippen molar-refractivity contribution >= 4 is 11.5 Å². The van der Waals surface area contributed by atoms with Gasteiger partial charge in [0, 0.05) is 18.7 Å². The molecule has 0 saturated carbocycles. The smallest absolute Gasteiger partial charge is 0.186 e. The lowest BCUT2D eigenvalue weighted by molar-refractivity contribution is -0.161. The first-order chi connectivity index (χ1) is 8.69. The lowest BCUT2D eigenvalue weighted by Crippen LogP contribution is -2.49. The molecule has 5 heteroatoms. The predicted octanol–water partition coefficient (Wildman–Crippen LogP) is 1.32. The molecule has 2 aliphatic rings. The minimum absolute atomic E-state index is 0.434. The molecular formula is C13H19N3O2. The highest BCUT2D eigenvalue weighted by atomic mass is 16.7. The topological polar surface area (TPSA) is 60.6 Å². The minimum atomic E-state index is -0.434. The van der Waals surface area contributed by atoms with E-state index >= 15 is 0 Å². The van der Waals surface area contributed by atoms with Gasteiger partial charge in [0.05, 0.1) is 25.4 Å². The largest absolute Gasteiger partial charge is 0.396 e. The van der Waals surface area contributed by atoms with E-state index < -0.39 is 5.79 Å². The molecular weight excluding hydrogens is 230 g/mol. The van der Waals surface area contributed by atoms with E-state index in [0.29, 0.717) is 19.8 Å². The van der Waals surface area contributed by atoms with Gasteiger partial charge in [-0.05, 0) is 25.5 Å². The van der Waals surface area contributed by atoms with Crippen molar-refractivity contribution in [3.8, 4) is 0 Å². The lowest BCUT2D eigenvalue weighted by Gasteiger charge is -2.39. The zero-order valence-corrected chi connectivity index (χ0v) is 10.7. The molecule has 1 aromatic rings. The number of piperidine rings is 1. The minimum Gasteiger partial charge on any atom is -0.396 e. The number of anilines is 2. The molecule has 3 rings (SSSR count). The van der Waals surface area contributed by atoms with E-state index in [-0.39, 0.29) is 0 Å². The Kier molecular flexibility index (Phi) is 2.87. The Bertz CT molecular complexity index is 444. The van der Waals surface area contributed by atoms with Gasteiger partial charge < -0.3 is 20.1 Å². The SMILES string of the molecule is Cc1ccc(N)c(N2CCCC3(C2)OCCO3)n1. The molecule has 2 N–H and O–H groups in total. The molecule has 18 heavy (non-hydrogen) atoms. The molecule has 0 bridgehead atoms. The van der Waals surface area contributed by atoms with Crippen LogP contribution < -0.4 is 10.6 Å². The Morgan fingerprint density at radius 2 is 2.11 bits per heavy atom. The lowest BCUT2D eigenvalue weighted by atomic mass is 10.0. The second kappa shape index (κ2) is 4.40. The van der Waals surface area contributed by atoms with Crippen molar-refractivity contribution in [2.75, 3.05) is 36.9 Å². The number of hydrogen-bond donors (Lipinski definition) is 1. The van der Waals surface area contributed by atoms with Crippen LogP contribution in [0.1, 0.15) is 18.5 Å². The molecule has 1 aromatic heterocycles. The van der Waals surface area contributed by atoms with Crippen molar-refractivity contribution in [3.05, 3.63) is 17.8 Å². The van der Waals surface area contributed by atoms with Crippen LogP contribution in [-0.4, -0.2) is 37.1 Å². The van der Waals surface area contributed by atoms with Crippen LogP contribution in [0.25, 0.3) is 0 Å². The van der Waals surface area contributed by atoms with Gasteiger partial charge in [-0.15, -0.1) is 0 Å². The van der Waals surface area contributed by atoms with E-state index in [4.69, 9.17) is 15.2 Å². The second-order valence-corrected chi connectivity index (χ2v) is 5.00. The Morgan fingerprint density at radius 1 is 1.33 bits per heavy atom. The monoisotopic (exact) mass is 249 g/mol. The summed E-state index contributed by atoms with van der Waals surface area (Å²) < 4.78 is 11.5. The average Bonchev–Trinajstić information content (AvgIpc) is 2.80. The first-order valence-electron chi connectivity index (χ1n) is 6.45. The van der Waals surface area contributed by atoms with Crippen molar-refractivity contribution in [1.82, 2.24) is 4.98 Å². The fourth-order valence-electron chi connectivity index (χ4n) is 2.71. The molecule has 0 amide bonds. The Hall–Kier alpha value is -1.33. The summed E-state index contributed by atoms with van der Waals surface area (Å²) in [7, 11) is 0. The molecule has 2 aliphatic heterocycles. The summed E-state index contributed by atoms with van der Waals surface area (Å²) in [5, 5.41) is 0. The number of pyridine rings is 1. The van der Waals surface area contributed by atoms with Gasteiger partial charge in [0.15, 0.2) is 11.6 Å². The van der Waals surface area contributed by atoms with Gasteiger partial charge in [-0.25, -0.2) is 4.98 Å². The zero-order valence-electron chi connectivity index (χ0n) is 10.7. The third-order valence-electron chi connectivity index (χ3n) is 3.58. The van der Waals surface area contributed by atoms with Gasteiger partial charge in [0.25, 0.3) is 0 Å². The van der Waals surface area contributed by atoms with Crippen molar-refractivity contribution in [3.63, 3.8) is 0 Å². The maximum Gasteiger partial charge on any atom is 0.186 e. The van der Waals surface area contributed by atoms with Crippen LogP contribution >= 0.6 is 0 Å². The highest BCUT2D eigenvalue weighted by molar-refractivity contribution is 5.63. The summed E-state index contributed by atoms with van der Waals surface area (Å²) in [5.41, 5.74) is 7.72. The number of nitrogens with two attached hydrogens (primary N) is 1.